The molecule has 0 atom stereocenters. The van der Waals surface area contributed by atoms with Crippen molar-refractivity contribution in [3.8, 4) is 5.75 Å². The van der Waals surface area contributed by atoms with Gasteiger partial charge < -0.3 is 4.74 Å². The number of nitrogens with zero attached hydrogens (tertiary/aromatic N) is 1. The van der Waals surface area contributed by atoms with Crippen LogP contribution in [0.2, 0.25) is 4.34 Å². The van der Waals surface area contributed by atoms with E-state index < -0.39 is 5.82 Å². The van der Waals surface area contributed by atoms with Crippen LogP contribution in [0.1, 0.15) is 15.4 Å². The van der Waals surface area contributed by atoms with Crippen LogP contribution in [0, 0.1) is 12.7 Å². The summed E-state index contributed by atoms with van der Waals surface area (Å²) < 4.78 is 20.9. The van der Waals surface area contributed by atoms with Crippen molar-refractivity contribution in [3.63, 3.8) is 0 Å². The summed E-state index contributed by atoms with van der Waals surface area (Å²) in [5.74, 6) is -0.559. The standard InChI is InChI=1S/C15H11ClFNO2S/c1-8-5-9-6-12(20-2)10(17)7-11(9)18(8)15(19)13-3-4-14(16)21-13/h3-7H,1-2H3. The number of carbonyl (C=O) groups excluding carboxylic acids is 1. The van der Waals surface area contributed by atoms with Gasteiger partial charge in [-0.3, -0.25) is 9.36 Å². The number of ether oxygens (including phenoxy) is 1. The van der Waals surface area contributed by atoms with Crippen LogP contribution in [-0.4, -0.2) is 17.6 Å². The van der Waals surface area contributed by atoms with E-state index in [0.29, 0.717) is 14.7 Å². The summed E-state index contributed by atoms with van der Waals surface area (Å²) in [4.78, 5) is 13.1. The van der Waals surface area contributed by atoms with Crippen molar-refractivity contribution in [1.82, 2.24) is 4.57 Å². The Morgan fingerprint density at radius 1 is 1.33 bits per heavy atom. The van der Waals surface area contributed by atoms with Crippen molar-refractivity contribution in [2.24, 2.45) is 0 Å². The van der Waals surface area contributed by atoms with Gasteiger partial charge >= 0.3 is 0 Å². The lowest BCUT2D eigenvalue weighted by Gasteiger charge is -2.06. The van der Waals surface area contributed by atoms with E-state index in [1.807, 2.05) is 6.07 Å². The maximum atomic E-state index is 13.9. The zero-order valence-electron chi connectivity index (χ0n) is 11.3. The van der Waals surface area contributed by atoms with Crippen LogP contribution >= 0.6 is 22.9 Å². The lowest BCUT2D eigenvalue weighted by molar-refractivity contribution is 0.0967. The van der Waals surface area contributed by atoms with Gasteiger partial charge in [0.15, 0.2) is 11.6 Å². The molecule has 0 radical (unpaired) electrons. The van der Waals surface area contributed by atoms with Crippen molar-refractivity contribution in [2.45, 2.75) is 6.92 Å². The van der Waals surface area contributed by atoms with Gasteiger partial charge in [-0.15, -0.1) is 11.3 Å². The number of rotatable bonds is 2. The minimum Gasteiger partial charge on any atom is -0.494 e. The molecule has 108 valence electrons. The van der Waals surface area contributed by atoms with Crippen LogP contribution in [0.3, 0.4) is 0 Å². The van der Waals surface area contributed by atoms with Crippen molar-refractivity contribution in [1.29, 1.82) is 0 Å². The summed E-state index contributed by atoms with van der Waals surface area (Å²) in [6.45, 7) is 1.80. The van der Waals surface area contributed by atoms with Crippen LogP contribution in [0.4, 0.5) is 4.39 Å². The third-order valence-electron chi connectivity index (χ3n) is 3.25. The molecule has 0 amide bonds. The summed E-state index contributed by atoms with van der Waals surface area (Å²) in [5, 5.41) is 0.752. The van der Waals surface area contributed by atoms with Crippen LogP contribution < -0.4 is 4.74 Å². The Balaban J connectivity index is 2.20. The number of hydrogen-bond acceptors (Lipinski definition) is 3. The normalized spacial score (nSPS) is 11.0. The van der Waals surface area contributed by atoms with Crippen LogP contribution in [-0.2, 0) is 0 Å². The maximum Gasteiger partial charge on any atom is 0.272 e. The lowest BCUT2D eigenvalue weighted by Crippen LogP contribution is -2.11. The Hall–Kier alpha value is -1.85. The second-order valence-electron chi connectivity index (χ2n) is 4.58. The zero-order valence-corrected chi connectivity index (χ0v) is 12.9. The molecule has 0 N–H and O–H groups in total. The molecule has 0 aliphatic heterocycles. The maximum absolute atomic E-state index is 13.9. The highest BCUT2D eigenvalue weighted by Gasteiger charge is 2.18. The lowest BCUT2D eigenvalue weighted by atomic mass is 10.2. The first-order valence-corrected chi connectivity index (χ1v) is 7.36. The molecule has 0 aliphatic rings. The average Bonchev–Trinajstić information content (AvgIpc) is 3.00. The van der Waals surface area contributed by atoms with E-state index in [1.165, 1.54) is 29.1 Å². The Kier molecular flexibility index (Phi) is 3.47. The molecule has 0 saturated heterocycles. The molecule has 3 aromatic rings. The van der Waals surface area contributed by atoms with E-state index in [-0.39, 0.29) is 11.7 Å². The van der Waals surface area contributed by atoms with Gasteiger partial charge in [0.25, 0.3) is 5.91 Å². The van der Waals surface area contributed by atoms with Crippen molar-refractivity contribution >= 4 is 39.7 Å². The zero-order chi connectivity index (χ0) is 15.1. The van der Waals surface area contributed by atoms with Crippen molar-refractivity contribution < 1.29 is 13.9 Å². The Morgan fingerprint density at radius 3 is 2.71 bits per heavy atom. The molecule has 0 fully saturated rings. The van der Waals surface area contributed by atoms with E-state index in [2.05, 4.69) is 0 Å². The van der Waals surface area contributed by atoms with Gasteiger partial charge in [0, 0.05) is 17.1 Å². The van der Waals surface area contributed by atoms with E-state index in [1.54, 1.807) is 25.1 Å². The number of aromatic nitrogens is 1. The third kappa shape index (κ3) is 2.32. The van der Waals surface area contributed by atoms with E-state index in [4.69, 9.17) is 16.3 Å². The summed E-state index contributed by atoms with van der Waals surface area (Å²) >= 11 is 7.07. The molecule has 0 spiro atoms. The molecule has 6 heteroatoms. The molecule has 0 aliphatic carbocycles. The number of methoxy groups -OCH3 is 1. The first-order valence-electron chi connectivity index (χ1n) is 6.17. The summed E-state index contributed by atoms with van der Waals surface area (Å²) in [7, 11) is 1.41. The topological polar surface area (TPSA) is 31.2 Å². The number of halogens is 2. The second kappa shape index (κ2) is 5.16. The fraction of sp³-hybridized carbons (Fsp3) is 0.133. The minimum atomic E-state index is -0.499. The molecule has 3 nitrogen and oxygen atoms in total. The molecule has 0 unspecified atom stereocenters. The van der Waals surface area contributed by atoms with Crippen LogP contribution in [0.25, 0.3) is 10.9 Å². The molecule has 0 bridgehead atoms. The number of aryl methyl sites for hydroxylation is 1. The van der Waals surface area contributed by atoms with Gasteiger partial charge in [-0.2, -0.15) is 0 Å². The van der Waals surface area contributed by atoms with Gasteiger partial charge in [0.1, 0.15) is 0 Å². The average molecular weight is 324 g/mol. The van der Waals surface area contributed by atoms with Crippen molar-refractivity contribution in [2.75, 3.05) is 7.11 Å². The predicted octanol–water partition coefficient (Wildman–Crippen LogP) is 4.50. The fourth-order valence-corrected chi connectivity index (χ4v) is 3.29. The summed E-state index contributed by atoms with van der Waals surface area (Å²) in [5.41, 5.74) is 1.24. The minimum absolute atomic E-state index is 0.159. The van der Waals surface area contributed by atoms with E-state index in [9.17, 15) is 9.18 Å². The number of thiophene rings is 1. The monoisotopic (exact) mass is 323 g/mol. The Morgan fingerprint density at radius 2 is 2.10 bits per heavy atom. The Labute approximate surface area is 129 Å². The van der Waals surface area contributed by atoms with Gasteiger partial charge in [-0.25, -0.2) is 4.39 Å². The molecular formula is C15H11ClFNO2S. The van der Waals surface area contributed by atoms with Crippen LogP contribution in [0.5, 0.6) is 5.75 Å². The first kappa shape index (κ1) is 14.1. The van der Waals surface area contributed by atoms with Gasteiger partial charge in [-0.05, 0) is 31.2 Å². The molecule has 1 aromatic carbocycles. The van der Waals surface area contributed by atoms with E-state index in [0.717, 1.165) is 11.1 Å². The second-order valence-corrected chi connectivity index (χ2v) is 6.29. The smallest absolute Gasteiger partial charge is 0.272 e. The molecule has 0 saturated carbocycles. The highest BCUT2D eigenvalue weighted by Crippen LogP contribution is 2.29. The highest BCUT2D eigenvalue weighted by atomic mass is 35.5. The molecule has 3 rings (SSSR count). The molecular weight excluding hydrogens is 313 g/mol. The first-order chi connectivity index (χ1) is 10.0. The predicted molar refractivity (Wildman–Crippen MR) is 82.2 cm³/mol. The summed E-state index contributed by atoms with van der Waals surface area (Å²) in [6, 6.07) is 8.06. The summed E-state index contributed by atoms with van der Waals surface area (Å²) in [6.07, 6.45) is 0. The number of fused-ring (bicyclic) bond motifs is 1. The van der Waals surface area contributed by atoms with Gasteiger partial charge in [-0.1, -0.05) is 11.6 Å². The largest absolute Gasteiger partial charge is 0.494 e. The molecule has 2 aromatic heterocycles. The number of carbonyl (C=O) groups is 1. The van der Waals surface area contributed by atoms with Gasteiger partial charge in [0.2, 0.25) is 0 Å². The highest BCUT2D eigenvalue weighted by molar-refractivity contribution is 7.18. The Bertz CT molecular complexity index is 853. The number of benzene rings is 1. The van der Waals surface area contributed by atoms with Crippen LogP contribution in [0.15, 0.2) is 30.3 Å². The van der Waals surface area contributed by atoms with Gasteiger partial charge in [0.05, 0.1) is 21.8 Å². The quantitative estimate of drug-likeness (QED) is 0.695. The molecule has 21 heavy (non-hydrogen) atoms. The SMILES string of the molecule is COc1cc2cc(C)n(C(=O)c3ccc(Cl)s3)c2cc1F. The van der Waals surface area contributed by atoms with Crippen molar-refractivity contribution in [3.05, 3.63) is 51.1 Å². The third-order valence-corrected chi connectivity index (χ3v) is 4.47. The van der Waals surface area contributed by atoms with E-state index >= 15 is 0 Å². The molecule has 2 heterocycles. The number of hydrogen-bond donors (Lipinski definition) is 0. The fourth-order valence-electron chi connectivity index (χ4n) is 2.31.